The Balaban J connectivity index is 2.38. The van der Waals surface area contributed by atoms with Crippen LogP contribution in [0.5, 0.6) is 0 Å². The molecule has 0 aliphatic rings. The standard InChI is InChI=1S/C14H19NO/c1-11(2)6-8-15-9-7-12-4-3-5-13(10-16)14(12)15/h3-5,7,9,11,16H,6,8,10H2,1-2H3. The lowest BCUT2D eigenvalue weighted by molar-refractivity contribution is 0.283. The molecular weight excluding hydrogens is 198 g/mol. The maximum Gasteiger partial charge on any atom is 0.0702 e. The fourth-order valence-corrected chi connectivity index (χ4v) is 2.05. The number of fused-ring (bicyclic) bond motifs is 1. The lowest BCUT2D eigenvalue weighted by Gasteiger charge is -2.10. The third-order valence-corrected chi connectivity index (χ3v) is 2.99. The second kappa shape index (κ2) is 4.71. The van der Waals surface area contributed by atoms with Gasteiger partial charge in [-0.2, -0.15) is 0 Å². The molecule has 1 heterocycles. The van der Waals surface area contributed by atoms with Gasteiger partial charge in [0, 0.05) is 18.3 Å². The molecule has 1 aromatic carbocycles. The first-order valence-electron chi connectivity index (χ1n) is 5.90. The maximum absolute atomic E-state index is 9.34. The Morgan fingerprint density at radius 2 is 2.06 bits per heavy atom. The molecule has 0 bridgehead atoms. The van der Waals surface area contributed by atoms with E-state index in [4.69, 9.17) is 0 Å². The normalized spacial score (nSPS) is 11.5. The molecule has 0 atom stereocenters. The van der Waals surface area contributed by atoms with Crippen molar-refractivity contribution in [3.05, 3.63) is 36.0 Å². The summed E-state index contributed by atoms with van der Waals surface area (Å²) in [6, 6.07) is 8.21. The lowest BCUT2D eigenvalue weighted by atomic mass is 10.1. The number of aliphatic hydroxyl groups excluding tert-OH is 1. The zero-order chi connectivity index (χ0) is 11.5. The van der Waals surface area contributed by atoms with Crippen LogP contribution in [-0.4, -0.2) is 9.67 Å². The van der Waals surface area contributed by atoms with Crippen LogP contribution < -0.4 is 0 Å². The van der Waals surface area contributed by atoms with E-state index in [1.54, 1.807) is 0 Å². The van der Waals surface area contributed by atoms with Gasteiger partial charge < -0.3 is 9.67 Å². The summed E-state index contributed by atoms with van der Waals surface area (Å²) in [7, 11) is 0. The Morgan fingerprint density at radius 1 is 1.25 bits per heavy atom. The van der Waals surface area contributed by atoms with E-state index in [0.29, 0.717) is 5.92 Å². The third-order valence-electron chi connectivity index (χ3n) is 2.99. The first kappa shape index (κ1) is 11.2. The summed E-state index contributed by atoms with van der Waals surface area (Å²) in [5.41, 5.74) is 2.21. The van der Waals surface area contributed by atoms with Gasteiger partial charge in [-0.3, -0.25) is 0 Å². The molecule has 2 aromatic rings. The summed E-state index contributed by atoms with van der Waals surface area (Å²) in [5, 5.41) is 10.6. The van der Waals surface area contributed by atoms with Gasteiger partial charge in [0.05, 0.1) is 12.1 Å². The maximum atomic E-state index is 9.34. The zero-order valence-electron chi connectivity index (χ0n) is 9.98. The number of para-hydroxylation sites is 1. The molecule has 0 aliphatic carbocycles. The summed E-state index contributed by atoms with van der Waals surface area (Å²) < 4.78 is 2.25. The van der Waals surface area contributed by atoms with E-state index in [9.17, 15) is 5.11 Å². The van der Waals surface area contributed by atoms with Crippen molar-refractivity contribution in [2.24, 2.45) is 5.92 Å². The highest BCUT2D eigenvalue weighted by Gasteiger charge is 2.06. The number of nitrogens with zero attached hydrogens (tertiary/aromatic N) is 1. The topological polar surface area (TPSA) is 25.2 Å². The quantitative estimate of drug-likeness (QED) is 0.836. The predicted molar refractivity (Wildman–Crippen MR) is 67.3 cm³/mol. The van der Waals surface area contributed by atoms with Crippen LogP contribution in [0, 0.1) is 5.92 Å². The zero-order valence-corrected chi connectivity index (χ0v) is 9.98. The summed E-state index contributed by atoms with van der Waals surface area (Å²) in [6.07, 6.45) is 3.29. The summed E-state index contributed by atoms with van der Waals surface area (Å²) in [5.74, 6) is 0.707. The molecule has 16 heavy (non-hydrogen) atoms. The van der Waals surface area contributed by atoms with Crippen LogP contribution in [0.3, 0.4) is 0 Å². The average molecular weight is 217 g/mol. The van der Waals surface area contributed by atoms with Gasteiger partial charge in [0.2, 0.25) is 0 Å². The van der Waals surface area contributed by atoms with Crippen LogP contribution in [0.15, 0.2) is 30.5 Å². The SMILES string of the molecule is CC(C)CCn1ccc2cccc(CO)c21. The van der Waals surface area contributed by atoms with Crippen molar-refractivity contribution < 1.29 is 5.11 Å². The van der Waals surface area contributed by atoms with Crippen LogP contribution in [0.2, 0.25) is 0 Å². The van der Waals surface area contributed by atoms with Gasteiger partial charge in [-0.05, 0) is 23.8 Å². The molecule has 1 aromatic heterocycles. The molecule has 0 aliphatic heterocycles. The van der Waals surface area contributed by atoms with Crippen molar-refractivity contribution in [1.29, 1.82) is 0 Å². The molecule has 0 amide bonds. The molecule has 0 fully saturated rings. The molecule has 1 N–H and O–H groups in total. The van der Waals surface area contributed by atoms with E-state index in [2.05, 4.69) is 36.7 Å². The number of aliphatic hydroxyl groups is 1. The molecule has 0 saturated heterocycles. The van der Waals surface area contributed by atoms with Crippen molar-refractivity contribution in [3.63, 3.8) is 0 Å². The number of rotatable bonds is 4. The largest absolute Gasteiger partial charge is 0.392 e. The van der Waals surface area contributed by atoms with E-state index in [1.807, 2.05) is 12.1 Å². The van der Waals surface area contributed by atoms with Gasteiger partial charge in [0.1, 0.15) is 0 Å². The minimum absolute atomic E-state index is 0.114. The second-order valence-corrected chi connectivity index (χ2v) is 4.70. The van der Waals surface area contributed by atoms with Crippen LogP contribution in [0.1, 0.15) is 25.8 Å². The molecule has 0 unspecified atom stereocenters. The Bertz CT molecular complexity index is 471. The van der Waals surface area contributed by atoms with Crippen molar-refractivity contribution in [2.75, 3.05) is 0 Å². The van der Waals surface area contributed by atoms with Gasteiger partial charge in [-0.1, -0.05) is 32.0 Å². The van der Waals surface area contributed by atoms with Gasteiger partial charge in [-0.15, -0.1) is 0 Å². The highest BCUT2D eigenvalue weighted by molar-refractivity contribution is 5.83. The van der Waals surface area contributed by atoms with E-state index < -0.39 is 0 Å². The molecule has 2 nitrogen and oxygen atoms in total. The van der Waals surface area contributed by atoms with Crippen LogP contribution in [0.25, 0.3) is 10.9 Å². The average Bonchev–Trinajstić information content (AvgIpc) is 2.69. The van der Waals surface area contributed by atoms with Crippen molar-refractivity contribution >= 4 is 10.9 Å². The molecule has 0 spiro atoms. The van der Waals surface area contributed by atoms with Crippen molar-refractivity contribution in [2.45, 2.75) is 33.4 Å². The number of hydrogen-bond acceptors (Lipinski definition) is 1. The minimum atomic E-state index is 0.114. The van der Waals surface area contributed by atoms with Gasteiger partial charge in [0.25, 0.3) is 0 Å². The van der Waals surface area contributed by atoms with Gasteiger partial charge in [0.15, 0.2) is 0 Å². The number of hydrogen-bond donors (Lipinski definition) is 1. The molecule has 86 valence electrons. The number of benzene rings is 1. The van der Waals surface area contributed by atoms with E-state index in [1.165, 1.54) is 17.3 Å². The van der Waals surface area contributed by atoms with Crippen LogP contribution in [0.4, 0.5) is 0 Å². The fraction of sp³-hybridized carbons (Fsp3) is 0.429. The van der Waals surface area contributed by atoms with Crippen LogP contribution in [-0.2, 0) is 13.2 Å². The number of aromatic nitrogens is 1. The lowest BCUT2D eigenvalue weighted by Crippen LogP contribution is -2.01. The predicted octanol–water partition coefficient (Wildman–Crippen LogP) is 3.18. The van der Waals surface area contributed by atoms with Gasteiger partial charge in [-0.25, -0.2) is 0 Å². The van der Waals surface area contributed by atoms with E-state index in [0.717, 1.165) is 12.1 Å². The van der Waals surface area contributed by atoms with Gasteiger partial charge >= 0.3 is 0 Å². The molecule has 0 radical (unpaired) electrons. The second-order valence-electron chi connectivity index (χ2n) is 4.70. The Labute approximate surface area is 96.5 Å². The molecular formula is C14H19NO. The molecule has 2 heteroatoms. The Hall–Kier alpha value is -1.28. The van der Waals surface area contributed by atoms with Crippen molar-refractivity contribution in [1.82, 2.24) is 4.57 Å². The van der Waals surface area contributed by atoms with E-state index in [-0.39, 0.29) is 6.61 Å². The summed E-state index contributed by atoms with van der Waals surface area (Å²) in [6.45, 7) is 5.61. The van der Waals surface area contributed by atoms with Crippen LogP contribution >= 0.6 is 0 Å². The summed E-state index contributed by atoms with van der Waals surface area (Å²) >= 11 is 0. The van der Waals surface area contributed by atoms with Crippen molar-refractivity contribution in [3.8, 4) is 0 Å². The van der Waals surface area contributed by atoms with E-state index >= 15 is 0 Å². The third kappa shape index (κ3) is 2.12. The minimum Gasteiger partial charge on any atom is -0.392 e. The number of aryl methyl sites for hydroxylation is 1. The first-order valence-corrected chi connectivity index (χ1v) is 5.90. The monoisotopic (exact) mass is 217 g/mol. The highest BCUT2D eigenvalue weighted by atomic mass is 16.3. The highest BCUT2D eigenvalue weighted by Crippen LogP contribution is 2.21. The Morgan fingerprint density at radius 3 is 2.75 bits per heavy atom. The Kier molecular flexibility index (Phi) is 3.30. The molecule has 0 saturated carbocycles. The smallest absolute Gasteiger partial charge is 0.0702 e. The summed E-state index contributed by atoms with van der Waals surface area (Å²) in [4.78, 5) is 0. The fourth-order valence-electron chi connectivity index (χ4n) is 2.05. The first-order chi connectivity index (χ1) is 7.72. The molecule has 2 rings (SSSR count).